The van der Waals surface area contributed by atoms with E-state index in [2.05, 4.69) is 19.2 Å². The molecule has 0 heterocycles. The second kappa shape index (κ2) is 8.06. The molecule has 0 aliphatic rings. The van der Waals surface area contributed by atoms with Crippen molar-refractivity contribution in [2.24, 2.45) is 0 Å². The molecule has 0 radical (unpaired) electrons. The maximum atomic E-state index is 13.6. The van der Waals surface area contributed by atoms with Gasteiger partial charge in [0.05, 0.1) is 6.10 Å². The Bertz CT molecular complexity index is 583. The van der Waals surface area contributed by atoms with Gasteiger partial charge in [-0.15, -0.1) is 0 Å². The maximum Gasteiger partial charge on any atom is 0.123 e. The maximum absolute atomic E-state index is 13.6. The number of benzene rings is 2. The number of rotatable bonds is 7. The molecule has 0 bridgehead atoms. The van der Waals surface area contributed by atoms with Gasteiger partial charge in [0, 0.05) is 6.04 Å². The van der Waals surface area contributed by atoms with E-state index in [4.69, 9.17) is 0 Å². The van der Waals surface area contributed by atoms with Crippen LogP contribution in [0.5, 0.6) is 0 Å². The molecule has 0 spiro atoms. The van der Waals surface area contributed by atoms with E-state index < -0.39 is 6.10 Å². The average Bonchev–Trinajstić information content (AvgIpc) is 2.52. The highest BCUT2D eigenvalue weighted by Gasteiger charge is 2.14. The number of aliphatic hydroxyl groups is 1. The van der Waals surface area contributed by atoms with Gasteiger partial charge in [-0.1, -0.05) is 50.2 Å². The minimum atomic E-state index is -0.579. The zero-order chi connectivity index (χ0) is 15.9. The van der Waals surface area contributed by atoms with Gasteiger partial charge in [-0.05, 0) is 48.2 Å². The monoisotopic (exact) mass is 301 g/mol. The van der Waals surface area contributed by atoms with Crippen molar-refractivity contribution in [1.82, 2.24) is 5.32 Å². The van der Waals surface area contributed by atoms with Crippen LogP contribution in [0, 0.1) is 5.82 Å². The molecule has 2 N–H and O–H groups in total. The van der Waals surface area contributed by atoms with Crippen molar-refractivity contribution < 1.29 is 9.50 Å². The lowest BCUT2D eigenvalue weighted by atomic mass is 9.94. The van der Waals surface area contributed by atoms with E-state index in [0.717, 1.165) is 29.7 Å². The Morgan fingerprint density at radius 1 is 1.09 bits per heavy atom. The summed E-state index contributed by atoms with van der Waals surface area (Å²) in [4.78, 5) is 0. The number of hydrogen-bond acceptors (Lipinski definition) is 2. The molecule has 2 aromatic carbocycles. The first kappa shape index (κ1) is 16.7. The Morgan fingerprint density at radius 2 is 1.82 bits per heavy atom. The molecule has 0 fully saturated rings. The van der Waals surface area contributed by atoms with Crippen molar-refractivity contribution in [3.63, 3.8) is 0 Å². The molecule has 22 heavy (non-hydrogen) atoms. The van der Waals surface area contributed by atoms with Crippen LogP contribution in [0.1, 0.15) is 38.4 Å². The normalized spacial score (nSPS) is 12.6. The van der Waals surface area contributed by atoms with E-state index in [1.165, 1.54) is 12.1 Å². The molecular weight excluding hydrogens is 277 g/mol. The average molecular weight is 301 g/mol. The summed E-state index contributed by atoms with van der Waals surface area (Å²) in [6, 6.07) is 14.7. The molecule has 0 aliphatic carbocycles. The van der Waals surface area contributed by atoms with Gasteiger partial charge in [0.25, 0.3) is 0 Å². The van der Waals surface area contributed by atoms with Gasteiger partial charge in [0.2, 0.25) is 0 Å². The van der Waals surface area contributed by atoms with Gasteiger partial charge in [-0.25, -0.2) is 4.39 Å². The highest BCUT2D eigenvalue weighted by Crippen LogP contribution is 2.31. The van der Waals surface area contributed by atoms with Crippen molar-refractivity contribution in [3.05, 3.63) is 59.9 Å². The molecule has 0 amide bonds. The summed E-state index contributed by atoms with van der Waals surface area (Å²) in [5, 5.41) is 13.8. The summed E-state index contributed by atoms with van der Waals surface area (Å²) < 4.78 is 13.6. The van der Waals surface area contributed by atoms with Crippen LogP contribution in [0.25, 0.3) is 11.1 Å². The molecule has 0 aromatic heterocycles. The van der Waals surface area contributed by atoms with Gasteiger partial charge >= 0.3 is 0 Å². The Morgan fingerprint density at radius 3 is 2.50 bits per heavy atom. The van der Waals surface area contributed by atoms with Crippen LogP contribution >= 0.6 is 0 Å². The van der Waals surface area contributed by atoms with E-state index in [0.29, 0.717) is 12.5 Å². The van der Waals surface area contributed by atoms with Crippen LogP contribution in [0.15, 0.2) is 48.5 Å². The van der Waals surface area contributed by atoms with Gasteiger partial charge < -0.3 is 10.4 Å². The van der Waals surface area contributed by atoms with Crippen LogP contribution < -0.4 is 5.32 Å². The molecule has 2 aromatic rings. The first-order chi connectivity index (χ1) is 10.6. The molecule has 1 atom stereocenters. The second-order valence-corrected chi connectivity index (χ2v) is 5.86. The third-order valence-electron chi connectivity index (χ3n) is 3.67. The molecule has 0 aliphatic heterocycles. The number of aliphatic hydroxyl groups excluding tert-OH is 1. The lowest BCUT2D eigenvalue weighted by Gasteiger charge is -2.17. The Kier molecular flexibility index (Phi) is 6.10. The van der Waals surface area contributed by atoms with E-state index in [9.17, 15) is 9.50 Å². The van der Waals surface area contributed by atoms with E-state index >= 15 is 0 Å². The van der Waals surface area contributed by atoms with Crippen molar-refractivity contribution in [2.75, 3.05) is 6.54 Å². The van der Waals surface area contributed by atoms with E-state index in [1.54, 1.807) is 6.07 Å². The molecule has 2 rings (SSSR count). The fourth-order valence-corrected chi connectivity index (χ4v) is 2.53. The summed E-state index contributed by atoms with van der Waals surface area (Å²) in [5.74, 6) is -0.281. The molecule has 118 valence electrons. The molecule has 3 heteroatoms. The third kappa shape index (κ3) is 4.65. The molecular formula is C19H24FNO. The summed E-state index contributed by atoms with van der Waals surface area (Å²) in [6.07, 6.45) is 0.959. The Labute approximate surface area is 132 Å². The van der Waals surface area contributed by atoms with Crippen LogP contribution in [0.2, 0.25) is 0 Å². The lowest BCUT2D eigenvalue weighted by molar-refractivity contribution is 0.164. The van der Waals surface area contributed by atoms with Gasteiger partial charge in [-0.2, -0.15) is 0 Å². The zero-order valence-corrected chi connectivity index (χ0v) is 13.2. The van der Waals surface area contributed by atoms with Crippen LogP contribution in [-0.4, -0.2) is 17.7 Å². The number of halogens is 1. The zero-order valence-electron chi connectivity index (χ0n) is 13.2. The van der Waals surface area contributed by atoms with Crippen LogP contribution in [0.4, 0.5) is 4.39 Å². The first-order valence-corrected chi connectivity index (χ1v) is 7.84. The van der Waals surface area contributed by atoms with Gasteiger partial charge in [-0.3, -0.25) is 0 Å². The minimum absolute atomic E-state index is 0.281. The Balaban J connectivity index is 2.13. The highest BCUT2D eigenvalue weighted by molar-refractivity contribution is 5.67. The summed E-state index contributed by atoms with van der Waals surface area (Å²) in [5.41, 5.74) is 2.48. The van der Waals surface area contributed by atoms with Crippen molar-refractivity contribution >= 4 is 0 Å². The highest BCUT2D eigenvalue weighted by atomic mass is 19.1. The predicted octanol–water partition coefficient (Wildman–Crippen LogP) is 4.30. The van der Waals surface area contributed by atoms with Crippen LogP contribution in [0.3, 0.4) is 0 Å². The van der Waals surface area contributed by atoms with E-state index in [1.807, 2.05) is 30.3 Å². The van der Waals surface area contributed by atoms with Gasteiger partial charge in [0.1, 0.15) is 5.82 Å². The lowest BCUT2D eigenvalue weighted by Crippen LogP contribution is -2.23. The summed E-state index contributed by atoms with van der Waals surface area (Å²) in [7, 11) is 0. The first-order valence-electron chi connectivity index (χ1n) is 7.84. The van der Waals surface area contributed by atoms with Crippen molar-refractivity contribution in [1.29, 1.82) is 0 Å². The summed E-state index contributed by atoms with van der Waals surface area (Å²) in [6.45, 7) is 5.07. The minimum Gasteiger partial charge on any atom is -0.388 e. The SMILES string of the molecule is CC(C)NCCCC(O)c1ccc(F)cc1-c1ccccc1. The topological polar surface area (TPSA) is 32.3 Å². The van der Waals surface area contributed by atoms with Crippen molar-refractivity contribution in [2.45, 2.75) is 38.8 Å². The predicted molar refractivity (Wildman–Crippen MR) is 89.2 cm³/mol. The molecule has 1 unspecified atom stereocenters. The standard InChI is InChI=1S/C19H24FNO/c1-14(2)21-12-6-9-19(22)17-11-10-16(20)13-18(17)15-7-4-3-5-8-15/h3-5,7-8,10-11,13-14,19,21-22H,6,9,12H2,1-2H3. The molecule has 0 saturated carbocycles. The number of nitrogens with one attached hydrogen (secondary N) is 1. The largest absolute Gasteiger partial charge is 0.388 e. The smallest absolute Gasteiger partial charge is 0.123 e. The van der Waals surface area contributed by atoms with Gasteiger partial charge in [0.15, 0.2) is 0 Å². The molecule has 2 nitrogen and oxygen atoms in total. The summed E-state index contributed by atoms with van der Waals surface area (Å²) >= 11 is 0. The Hall–Kier alpha value is -1.71. The fourth-order valence-electron chi connectivity index (χ4n) is 2.53. The second-order valence-electron chi connectivity index (χ2n) is 5.86. The van der Waals surface area contributed by atoms with Crippen LogP contribution in [-0.2, 0) is 0 Å². The van der Waals surface area contributed by atoms with Crippen molar-refractivity contribution in [3.8, 4) is 11.1 Å². The van der Waals surface area contributed by atoms with E-state index in [-0.39, 0.29) is 5.82 Å². The fraction of sp³-hybridized carbons (Fsp3) is 0.368. The molecule has 0 saturated heterocycles. The number of hydrogen-bond donors (Lipinski definition) is 2. The third-order valence-corrected chi connectivity index (χ3v) is 3.67. The quantitative estimate of drug-likeness (QED) is 0.747.